The standard InChI is InChI=1S/C40H62N10O12/c1-27(51)47-31(5-3-11-45-39(41)42)37(53)49-29-7-9-33-35(25-29)61-23-19-57-15-16-58-20-24-62-36-26-30(8-10-34(36)60-22-18-56-14-13-55-17-21-59-33)50-38(54)32(48-28(2)52)6-4-12-46-40(43)44/h7-10,25-26,31-32H,3-6,11-24H2,1-2H3,(H,47,51)(H,48,52)(H,49,53)(H,50,54)(H4,41,42,45)(H4,43,44,46)/t31-,32-/m0/s1. The predicted molar refractivity (Wildman–Crippen MR) is 230 cm³/mol. The summed E-state index contributed by atoms with van der Waals surface area (Å²) in [4.78, 5) is 57.8. The van der Waals surface area contributed by atoms with Gasteiger partial charge in [0.2, 0.25) is 23.6 Å². The lowest BCUT2D eigenvalue weighted by atomic mass is 10.1. The van der Waals surface area contributed by atoms with Crippen LogP contribution in [-0.4, -0.2) is 140 Å². The minimum atomic E-state index is -0.819. The molecule has 12 N–H and O–H groups in total. The van der Waals surface area contributed by atoms with Gasteiger partial charge >= 0.3 is 0 Å². The van der Waals surface area contributed by atoms with Gasteiger partial charge in [-0.25, -0.2) is 0 Å². The Kier molecular flexibility index (Phi) is 23.7. The molecular formula is C40H62N10O12. The normalized spacial score (nSPS) is 15.5. The van der Waals surface area contributed by atoms with E-state index in [4.69, 9.17) is 60.8 Å². The zero-order valence-electron chi connectivity index (χ0n) is 35.4. The number of benzene rings is 2. The van der Waals surface area contributed by atoms with Crippen molar-refractivity contribution in [2.45, 2.75) is 51.6 Å². The van der Waals surface area contributed by atoms with Crippen LogP contribution >= 0.6 is 0 Å². The van der Waals surface area contributed by atoms with E-state index < -0.39 is 23.9 Å². The highest BCUT2D eigenvalue weighted by Crippen LogP contribution is 2.32. The van der Waals surface area contributed by atoms with E-state index in [1.54, 1.807) is 36.4 Å². The Bertz CT molecular complexity index is 1630. The number of fused-ring (bicyclic) bond motifs is 2. The molecule has 0 bridgehead atoms. The molecule has 2 aromatic carbocycles. The molecule has 3 rings (SSSR count). The molecule has 0 unspecified atom stereocenters. The maximum atomic E-state index is 13.2. The fraction of sp³-hybridized carbons (Fsp3) is 0.550. The number of aliphatic imine (C=N–C) groups is 2. The lowest BCUT2D eigenvalue weighted by Gasteiger charge is -2.19. The lowest BCUT2D eigenvalue weighted by molar-refractivity contribution is -0.125. The number of nitrogens with one attached hydrogen (secondary N) is 4. The van der Waals surface area contributed by atoms with E-state index in [0.717, 1.165) is 0 Å². The van der Waals surface area contributed by atoms with Gasteiger partial charge in [-0.2, -0.15) is 0 Å². The molecule has 22 heteroatoms. The first-order valence-electron chi connectivity index (χ1n) is 20.3. The summed E-state index contributed by atoms with van der Waals surface area (Å²) >= 11 is 0. The number of rotatable bonds is 14. The van der Waals surface area contributed by atoms with E-state index in [2.05, 4.69) is 31.3 Å². The second-order valence-corrected chi connectivity index (χ2v) is 13.5. The Morgan fingerprint density at radius 2 is 0.839 bits per heavy atom. The quantitative estimate of drug-likeness (QED) is 0.0702. The molecule has 1 heterocycles. The number of carbonyl (C=O) groups excluding carboxylic acids is 4. The van der Waals surface area contributed by atoms with Crippen LogP contribution in [0.1, 0.15) is 39.5 Å². The van der Waals surface area contributed by atoms with Crippen LogP contribution in [0.2, 0.25) is 0 Å². The Labute approximate surface area is 361 Å². The Hall–Kier alpha value is -6.10. The average Bonchev–Trinajstić information content (AvgIpc) is 3.21. The molecule has 0 radical (unpaired) electrons. The maximum Gasteiger partial charge on any atom is 0.246 e. The van der Waals surface area contributed by atoms with E-state index in [1.165, 1.54) is 13.8 Å². The topological polar surface area (TPSA) is 319 Å². The summed E-state index contributed by atoms with van der Waals surface area (Å²) in [5.74, 6) is -0.106. The van der Waals surface area contributed by atoms with E-state index in [1.807, 2.05) is 0 Å². The van der Waals surface area contributed by atoms with Gasteiger partial charge in [-0.3, -0.25) is 29.2 Å². The molecule has 0 aliphatic carbocycles. The van der Waals surface area contributed by atoms with Crippen molar-refractivity contribution in [1.29, 1.82) is 0 Å². The summed E-state index contributed by atoms with van der Waals surface area (Å²) in [6.45, 7) is 6.08. The second kappa shape index (κ2) is 29.2. The van der Waals surface area contributed by atoms with Crippen molar-refractivity contribution in [3.05, 3.63) is 36.4 Å². The fourth-order valence-corrected chi connectivity index (χ4v) is 5.62. The molecule has 2 atom stereocenters. The number of amides is 4. The van der Waals surface area contributed by atoms with Crippen LogP contribution in [0, 0.1) is 0 Å². The predicted octanol–water partition coefficient (Wildman–Crippen LogP) is -0.0244. The molecule has 344 valence electrons. The molecule has 0 aromatic heterocycles. The molecule has 4 amide bonds. The number of ether oxygens (including phenoxy) is 8. The van der Waals surface area contributed by atoms with Gasteiger partial charge in [0, 0.05) is 50.4 Å². The van der Waals surface area contributed by atoms with Crippen molar-refractivity contribution in [2.24, 2.45) is 32.9 Å². The van der Waals surface area contributed by atoms with Crippen LogP contribution in [0.25, 0.3) is 0 Å². The maximum absolute atomic E-state index is 13.2. The Morgan fingerprint density at radius 3 is 1.16 bits per heavy atom. The monoisotopic (exact) mass is 874 g/mol. The summed E-state index contributed by atoms with van der Waals surface area (Å²) in [5, 5.41) is 11.0. The van der Waals surface area contributed by atoms with Crippen LogP contribution in [0.3, 0.4) is 0 Å². The van der Waals surface area contributed by atoms with Crippen molar-refractivity contribution in [3.8, 4) is 23.0 Å². The molecule has 22 nitrogen and oxygen atoms in total. The highest BCUT2D eigenvalue weighted by atomic mass is 16.6. The number of nitrogens with zero attached hydrogens (tertiary/aromatic N) is 2. The third kappa shape index (κ3) is 21.4. The largest absolute Gasteiger partial charge is 0.487 e. The fourth-order valence-electron chi connectivity index (χ4n) is 5.62. The van der Waals surface area contributed by atoms with Crippen molar-refractivity contribution in [1.82, 2.24) is 10.6 Å². The van der Waals surface area contributed by atoms with Gasteiger partial charge in [-0.15, -0.1) is 0 Å². The highest BCUT2D eigenvalue weighted by Gasteiger charge is 2.22. The van der Waals surface area contributed by atoms with Gasteiger partial charge in [0.1, 0.15) is 38.5 Å². The number of anilines is 2. The second-order valence-electron chi connectivity index (χ2n) is 13.5. The third-order valence-electron chi connectivity index (χ3n) is 8.39. The van der Waals surface area contributed by atoms with Crippen molar-refractivity contribution < 1.29 is 57.1 Å². The summed E-state index contributed by atoms with van der Waals surface area (Å²) < 4.78 is 46.7. The lowest BCUT2D eigenvalue weighted by Crippen LogP contribution is -2.43. The van der Waals surface area contributed by atoms with E-state index >= 15 is 0 Å². The molecule has 1 aliphatic rings. The van der Waals surface area contributed by atoms with Gasteiger partial charge in [0.25, 0.3) is 0 Å². The van der Waals surface area contributed by atoms with Crippen molar-refractivity contribution in [3.63, 3.8) is 0 Å². The minimum Gasteiger partial charge on any atom is -0.487 e. The number of carbonyl (C=O) groups is 4. The molecule has 0 saturated heterocycles. The number of guanidine groups is 2. The van der Waals surface area contributed by atoms with Gasteiger partial charge in [0.15, 0.2) is 34.9 Å². The molecule has 0 fully saturated rings. The SMILES string of the molecule is CC(=O)N[C@@H](CCCN=C(N)N)C(=O)Nc1ccc2c(c1)OCCOCCOCCOc1cc(NC(=O)[C@H](CCCN=C(N)N)NC(C)=O)ccc1OCCOCCOCCO2. The first-order valence-corrected chi connectivity index (χ1v) is 20.3. The number of hydrogen-bond donors (Lipinski definition) is 8. The molecule has 1 aliphatic heterocycles. The molecule has 2 aromatic rings. The van der Waals surface area contributed by atoms with Crippen LogP contribution in [0.15, 0.2) is 46.4 Å². The average molecular weight is 875 g/mol. The van der Waals surface area contributed by atoms with E-state index in [0.29, 0.717) is 86.4 Å². The molecule has 0 spiro atoms. The number of nitrogens with two attached hydrogens (primary N) is 4. The molecular weight excluding hydrogens is 812 g/mol. The minimum absolute atomic E-state index is 0.0537. The summed E-state index contributed by atoms with van der Waals surface area (Å²) in [6.07, 6.45) is 1.55. The van der Waals surface area contributed by atoms with Gasteiger partial charge in [-0.1, -0.05) is 0 Å². The van der Waals surface area contributed by atoms with Gasteiger partial charge in [-0.05, 0) is 49.9 Å². The third-order valence-corrected chi connectivity index (χ3v) is 8.39. The molecule has 0 saturated carbocycles. The summed E-state index contributed by atoms with van der Waals surface area (Å²) in [6, 6.07) is 8.27. The van der Waals surface area contributed by atoms with E-state index in [-0.39, 0.29) is 89.8 Å². The summed E-state index contributed by atoms with van der Waals surface area (Å²) in [5.41, 5.74) is 22.4. The van der Waals surface area contributed by atoms with Crippen LogP contribution in [0.5, 0.6) is 23.0 Å². The van der Waals surface area contributed by atoms with Crippen molar-refractivity contribution >= 4 is 46.9 Å². The first-order chi connectivity index (χ1) is 29.9. The van der Waals surface area contributed by atoms with E-state index in [9.17, 15) is 19.2 Å². The van der Waals surface area contributed by atoms with Gasteiger partial charge in [0.05, 0.1) is 52.9 Å². The smallest absolute Gasteiger partial charge is 0.246 e. The Balaban J connectivity index is 1.59. The Morgan fingerprint density at radius 1 is 0.516 bits per heavy atom. The van der Waals surface area contributed by atoms with Crippen LogP contribution < -0.4 is 63.1 Å². The number of hydrogen-bond acceptors (Lipinski definition) is 14. The zero-order chi connectivity index (χ0) is 45.0. The van der Waals surface area contributed by atoms with Crippen LogP contribution in [-0.2, 0) is 38.1 Å². The van der Waals surface area contributed by atoms with Gasteiger partial charge < -0.3 is 82.1 Å². The molecule has 62 heavy (non-hydrogen) atoms. The van der Waals surface area contributed by atoms with Crippen molar-refractivity contribution in [2.75, 3.05) is 103 Å². The summed E-state index contributed by atoms with van der Waals surface area (Å²) in [7, 11) is 0. The first kappa shape index (κ1) is 50.3. The van der Waals surface area contributed by atoms with Crippen LogP contribution in [0.4, 0.5) is 11.4 Å². The highest BCUT2D eigenvalue weighted by molar-refractivity contribution is 5.98. The zero-order valence-corrected chi connectivity index (χ0v) is 35.4.